The highest BCUT2D eigenvalue weighted by atomic mass is 14.2. The lowest BCUT2D eigenvalue weighted by Gasteiger charge is -1.99. The molecule has 1 fully saturated rings. The Labute approximate surface area is 50.1 Å². The molecule has 0 saturated heterocycles. The third-order valence-corrected chi connectivity index (χ3v) is 1.56. The smallest absolute Gasteiger partial charge is 0.0303 e. The van der Waals surface area contributed by atoms with Crippen molar-refractivity contribution in [2.45, 2.75) is 39.0 Å². The first kappa shape index (κ1) is 2.52. The van der Waals surface area contributed by atoms with Gasteiger partial charge >= 0.3 is 0 Å². The third kappa shape index (κ3) is 1.19. The van der Waals surface area contributed by atoms with Crippen LogP contribution in [0, 0.1) is 5.89 Å². The van der Waals surface area contributed by atoms with Gasteiger partial charge in [-0.25, -0.2) is 0 Å². The topological polar surface area (TPSA) is 0 Å². The average Bonchev–Trinajstić information content (AvgIpc) is 2.13. The lowest BCUT2D eigenvalue weighted by molar-refractivity contribution is 0.531. The summed E-state index contributed by atoms with van der Waals surface area (Å²) in [6.45, 7) is 1.52. The minimum absolute atomic E-state index is 0.733. The first-order chi connectivity index (χ1) is 4.46. The van der Waals surface area contributed by atoms with Gasteiger partial charge < -0.3 is 0 Å². The van der Waals surface area contributed by atoms with E-state index in [1.807, 2.05) is 0 Å². The summed E-state index contributed by atoms with van der Waals surface area (Å²) in [6, 6.07) is 0. The van der Waals surface area contributed by atoms with Crippen LogP contribution in [0.5, 0.6) is 0 Å². The fraction of sp³-hybridized carbons (Fsp3) is 1.00. The fourth-order valence-corrected chi connectivity index (χ4v) is 1.05. The Hall–Kier alpha value is 0. The van der Waals surface area contributed by atoms with Crippen LogP contribution < -0.4 is 0 Å². The summed E-state index contributed by atoms with van der Waals surface area (Å²) in [5.74, 6) is -0.785. The summed E-state index contributed by atoms with van der Waals surface area (Å²) in [5.41, 5.74) is 0. The normalized spacial score (nSPS) is 36.4. The van der Waals surface area contributed by atoms with Gasteiger partial charge in [0.05, 0.1) is 0 Å². The molecule has 1 saturated carbocycles. The molecule has 0 aromatic rings. The Balaban J connectivity index is 2.67. The molecule has 0 aromatic carbocycles. The molecule has 1 rings (SSSR count). The van der Waals surface area contributed by atoms with Gasteiger partial charge in [0.1, 0.15) is 0 Å². The van der Waals surface area contributed by atoms with E-state index in [9.17, 15) is 0 Å². The van der Waals surface area contributed by atoms with E-state index < -0.39 is 12.3 Å². The Bertz CT molecular complexity index is 119. The van der Waals surface area contributed by atoms with Gasteiger partial charge in [0.25, 0.3) is 0 Å². The number of rotatable bonds is 1. The van der Waals surface area contributed by atoms with Crippen LogP contribution >= 0.6 is 0 Å². The molecule has 0 amide bonds. The minimum atomic E-state index is -1.32. The quantitative estimate of drug-likeness (QED) is 0.476. The summed E-state index contributed by atoms with van der Waals surface area (Å²) in [7, 11) is 0. The zero-order chi connectivity index (χ0) is 7.83. The van der Waals surface area contributed by atoms with Crippen molar-refractivity contribution in [2.75, 3.05) is 0 Å². The predicted molar refractivity (Wildman–Crippen MR) is 32.2 cm³/mol. The van der Waals surface area contributed by atoms with Crippen LogP contribution in [-0.4, -0.2) is 0 Å². The van der Waals surface area contributed by atoms with Gasteiger partial charge in [-0.1, -0.05) is 39.0 Å². The second-order valence-electron chi connectivity index (χ2n) is 2.06. The second kappa shape index (κ2) is 2.34. The summed E-state index contributed by atoms with van der Waals surface area (Å²) in [6.07, 6.45) is 2.20. The highest BCUT2D eigenvalue weighted by Crippen LogP contribution is 2.26. The molecule has 0 atom stereocenters. The molecule has 0 unspecified atom stereocenters. The molecule has 1 aliphatic carbocycles. The molecular weight excluding hydrogens is 84.1 g/mol. The van der Waals surface area contributed by atoms with E-state index in [-0.39, 0.29) is 0 Å². The Kier molecular flexibility index (Phi) is 0.844. The molecule has 0 bridgehead atoms. The van der Waals surface area contributed by atoms with Crippen LogP contribution in [-0.2, 0) is 0 Å². The lowest BCUT2D eigenvalue weighted by atomic mass is 10.1. The molecule has 0 heterocycles. The monoisotopic (exact) mass is 101 g/mol. The maximum absolute atomic E-state index is 7.76. The minimum Gasteiger partial charge on any atom is -0.0651 e. The highest BCUT2D eigenvalue weighted by molar-refractivity contribution is 4.64. The van der Waals surface area contributed by atoms with Crippen LogP contribution in [0.3, 0.4) is 0 Å². The Morgan fingerprint density at radius 3 is 2.57 bits per heavy atom. The molecule has 0 N–H and O–H groups in total. The van der Waals surface area contributed by atoms with E-state index in [0.29, 0.717) is 0 Å². The van der Waals surface area contributed by atoms with Crippen LogP contribution in [0.25, 0.3) is 0 Å². The van der Waals surface area contributed by atoms with E-state index >= 15 is 0 Å². The Morgan fingerprint density at radius 2 is 2.29 bits per heavy atom. The maximum Gasteiger partial charge on any atom is 0.0303 e. The molecule has 0 aromatic heterocycles. The molecule has 7 heavy (non-hydrogen) atoms. The van der Waals surface area contributed by atoms with E-state index in [4.69, 9.17) is 4.11 Å². The summed E-state index contributed by atoms with van der Waals surface area (Å²) >= 11 is 0. The first-order valence-corrected chi connectivity index (χ1v) is 2.96. The van der Waals surface area contributed by atoms with Crippen LogP contribution in [0.15, 0.2) is 0 Å². The molecule has 1 aliphatic rings. The van der Waals surface area contributed by atoms with Crippen LogP contribution in [0.4, 0.5) is 0 Å². The summed E-state index contributed by atoms with van der Waals surface area (Å²) in [5, 5.41) is 0. The summed E-state index contributed by atoms with van der Waals surface area (Å²) < 4.78 is 22.6. The zero-order valence-corrected chi connectivity index (χ0v) is 4.83. The largest absolute Gasteiger partial charge is 0.0651 e. The molecule has 0 nitrogen and oxygen atoms in total. The molecule has 0 heteroatoms. The van der Waals surface area contributed by atoms with Crippen molar-refractivity contribution >= 4 is 0 Å². The van der Waals surface area contributed by atoms with Gasteiger partial charge in [0.15, 0.2) is 0 Å². The van der Waals surface area contributed by atoms with Crippen molar-refractivity contribution in [2.24, 2.45) is 5.89 Å². The molecule has 0 aliphatic heterocycles. The zero-order valence-electron chi connectivity index (χ0n) is 7.83. The van der Waals surface area contributed by atoms with Gasteiger partial charge in [-0.3, -0.25) is 0 Å². The highest BCUT2D eigenvalue weighted by Gasteiger charge is 2.11. The van der Waals surface area contributed by atoms with E-state index in [0.717, 1.165) is 25.7 Å². The van der Waals surface area contributed by atoms with Crippen LogP contribution in [0.1, 0.15) is 43.1 Å². The molecular formula is C7H14. The summed E-state index contributed by atoms with van der Waals surface area (Å²) in [4.78, 5) is 0. The number of hydrogen-bond acceptors (Lipinski definition) is 0. The first-order valence-electron chi connectivity index (χ1n) is 4.46. The van der Waals surface area contributed by atoms with Gasteiger partial charge in [-0.05, 0) is 5.89 Å². The standard InChI is InChI=1S/C7H14/c1-2-7-5-3-4-6-7/h7H,2-6H2,1H3/i2D2,7D. The van der Waals surface area contributed by atoms with Crippen LogP contribution in [0.2, 0.25) is 0 Å². The van der Waals surface area contributed by atoms with Gasteiger partial charge in [0.2, 0.25) is 0 Å². The van der Waals surface area contributed by atoms with Gasteiger partial charge in [-0.15, -0.1) is 0 Å². The van der Waals surface area contributed by atoms with Crippen molar-refractivity contribution in [1.82, 2.24) is 0 Å². The SMILES string of the molecule is [2H]C([2H])(C)C1([2H])CCCC1. The third-order valence-electron chi connectivity index (χ3n) is 1.56. The predicted octanol–water partition coefficient (Wildman–Crippen LogP) is 2.59. The van der Waals surface area contributed by atoms with Crippen molar-refractivity contribution in [3.8, 4) is 0 Å². The molecule has 42 valence electrons. The van der Waals surface area contributed by atoms with E-state index in [1.165, 1.54) is 6.92 Å². The maximum atomic E-state index is 7.76. The molecule has 0 radical (unpaired) electrons. The van der Waals surface area contributed by atoms with Crippen molar-refractivity contribution in [1.29, 1.82) is 0 Å². The van der Waals surface area contributed by atoms with Gasteiger partial charge in [0, 0.05) is 4.11 Å². The fourth-order valence-electron chi connectivity index (χ4n) is 1.05. The second-order valence-corrected chi connectivity index (χ2v) is 2.06. The van der Waals surface area contributed by atoms with E-state index in [1.54, 1.807) is 0 Å². The average molecular weight is 101 g/mol. The van der Waals surface area contributed by atoms with Gasteiger partial charge in [-0.2, -0.15) is 0 Å². The van der Waals surface area contributed by atoms with E-state index in [2.05, 4.69) is 0 Å². The lowest BCUT2D eigenvalue weighted by Crippen LogP contribution is -1.86. The van der Waals surface area contributed by atoms with Crippen molar-refractivity contribution < 1.29 is 4.11 Å². The number of hydrogen-bond donors (Lipinski definition) is 0. The van der Waals surface area contributed by atoms with Crippen molar-refractivity contribution in [3.63, 3.8) is 0 Å². The Morgan fingerprint density at radius 1 is 1.71 bits per heavy atom. The molecule has 0 spiro atoms. The van der Waals surface area contributed by atoms with Crippen molar-refractivity contribution in [3.05, 3.63) is 0 Å².